The summed E-state index contributed by atoms with van der Waals surface area (Å²) in [5, 5.41) is 30.6. The highest BCUT2D eigenvalue weighted by atomic mass is 32.2. The van der Waals surface area contributed by atoms with Crippen LogP contribution in [0.5, 0.6) is 34.5 Å². The first kappa shape index (κ1) is 76.3. The molecule has 99 heavy (non-hydrogen) atoms. The molecule has 0 unspecified atom stereocenters. The molecule has 3 amide bonds. The quantitative estimate of drug-likeness (QED) is 0.0163. The lowest BCUT2D eigenvalue weighted by Gasteiger charge is -2.35. The van der Waals surface area contributed by atoms with Gasteiger partial charge in [-0.3, -0.25) is 0 Å². The Morgan fingerprint density at radius 3 is 1.41 bits per heavy atom. The summed E-state index contributed by atoms with van der Waals surface area (Å²) in [7, 11) is -5.36. The second-order valence-electron chi connectivity index (χ2n) is 25.6. The molecule has 1 fully saturated rings. The van der Waals surface area contributed by atoms with Gasteiger partial charge in [-0.05, 0) is 120 Å². The van der Waals surface area contributed by atoms with E-state index in [0.29, 0.717) is 74.1 Å². The van der Waals surface area contributed by atoms with Crippen LogP contribution < -0.4 is 50.1 Å². The molecule has 3 heterocycles. The number of ether oxygens (including phenoxy) is 11. The molecule has 28 heteroatoms. The summed E-state index contributed by atoms with van der Waals surface area (Å²) in [6, 6.07) is 41.4. The normalized spacial score (nSPS) is 15.0. The molecule has 1 saturated heterocycles. The standard InChI is InChI=1S/C38H49N3O12S.C33H43N3O8S/c1-38(2,16-7-17-49-36(43)39-3)24-41(54(45,46)31-14-15-34-35(19-31)52-26-51-34)20-33(42)32(40-37(44)53-30-22-47-25-48-23-30)18-27-10-12-29(13-11-27)50-21-28-8-5-4-6-9-28;1-33(2,16-7-17-41-32(38)35-3)22-36(45(39,40)27-14-15-30-31(19-27)44-23-43-30)20-29(37)28(34)18-24-10-12-26(13-11-24)42-21-25-8-5-4-6-9-25/h4-6,8-15,19,30,32-33,42H,7,16-18,20-26H2,1-3H3,(H,39,43)(H,40,44);4-6,8-15,19,28-29,37H,7,16-18,20-23,34H2,1-3H3,(H,35,38)/t32-,33+;28-,29+/m00/s1. The minimum Gasteiger partial charge on any atom is -0.489 e. The Morgan fingerprint density at radius 2 is 0.970 bits per heavy atom. The van der Waals surface area contributed by atoms with Crippen molar-refractivity contribution in [3.8, 4) is 34.5 Å². The number of carbonyl (C=O) groups excluding carboxylic acids is 3. The van der Waals surface area contributed by atoms with Crippen LogP contribution in [-0.4, -0.2) is 171 Å². The fourth-order valence-corrected chi connectivity index (χ4v) is 14.3. The highest BCUT2D eigenvalue weighted by Crippen LogP contribution is 2.38. The number of aliphatic hydroxyl groups excluding tert-OH is 2. The van der Waals surface area contributed by atoms with E-state index in [2.05, 4.69) is 16.0 Å². The molecule has 0 saturated carbocycles. The van der Waals surface area contributed by atoms with Crippen molar-refractivity contribution in [2.45, 2.75) is 120 Å². The van der Waals surface area contributed by atoms with Gasteiger partial charge in [-0.2, -0.15) is 8.61 Å². The van der Waals surface area contributed by atoms with Crippen molar-refractivity contribution in [3.05, 3.63) is 168 Å². The predicted octanol–water partition coefficient (Wildman–Crippen LogP) is 8.30. The van der Waals surface area contributed by atoms with Gasteiger partial charge in [-0.1, -0.05) is 113 Å². The fraction of sp³-hybridized carbons (Fsp3) is 0.451. The monoisotopic (exact) mass is 1410 g/mol. The number of aliphatic hydroxyl groups is 2. The third-order valence-electron chi connectivity index (χ3n) is 16.4. The summed E-state index contributed by atoms with van der Waals surface area (Å²) in [5.41, 5.74) is 9.00. The molecule has 0 radical (unpaired) electrons. The van der Waals surface area contributed by atoms with Crippen molar-refractivity contribution < 1.29 is 93.5 Å². The van der Waals surface area contributed by atoms with Crippen LogP contribution in [0.25, 0.3) is 0 Å². The molecule has 7 N–H and O–H groups in total. The lowest BCUT2D eigenvalue weighted by Crippen LogP contribution is -2.52. The Kier molecular flexibility index (Phi) is 28.2. The lowest BCUT2D eigenvalue weighted by molar-refractivity contribution is -0.151. The van der Waals surface area contributed by atoms with Crippen LogP contribution in [-0.2, 0) is 69.8 Å². The van der Waals surface area contributed by atoms with Gasteiger partial charge in [0, 0.05) is 58.4 Å². The first-order chi connectivity index (χ1) is 47.4. The number of nitrogens with one attached hydrogen (secondary N) is 3. The first-order valence-electron chi connectivity index (χ1n) is 32.6. The van der Waals surface area contributed by atoms with Gasteiger partial charge in [-0.25, -0.2) is 31.2 Å². The van der Waals surface area contributed by atoms with Gasteiger partial charge in [-0.15, -0.1) is 0 Å². The van der Waals surface area contributed by atoms with Crippen molar-refractivity contribution >= 4 is 38.3 Å². The van der Waals surface area contributed by atoms with Gasteiger partial charge >= 0.3 is 18.3 Å². The Labute approximate surface area is 579 Å². The van der Waals surface area contributed by atoms with Crippen LogP contribution in [0.4, 0.5) is 14.4 Å². The molecule has 0 spiro atoms. The Hall–Kier alpha value is -8.45. The third kappa shape index (κ3) is 23.9. The zero-order valence-corrected chi connectivity index (χ0v) is 58.3. The van der Waals surface area contributed by atoms with Crippen molar-refractivity contribution in [2.24, 2.45) is 16.6 Å². The number of carbonyl (C=O) groups is 3. The molecule has 26 nitrogen and oxygen atoms in total. The third-order valence-corrected chi connectivity index (χ3v) is 20.0. The van der Waals surface area contributed by atoms with Gasteiger partial charge in [0.05, 0.1) is 54.5 Å². The van der Waals surface area contributed by atoms with Crippen molar-refractivity contribution in [1.82, 2.24) is 24.6 Å². The molecule has 3 aliphatic rings. The van der Waals surface area contributed by atoms with E-state index in [1.807, 2.05) is 125 Å². The molecular weight excluding hydrogens is 1320 g/mol. The predicted molar refractivity (Wildman–Crippen MR) is 365 cm³/mol. The second-order valence-corrected chi connectivity index (χ2v) is 29.5. The van der Waals surface area contributed by atoms with E-state index in [1.165, 1.54) is 53.0 Å². The van der Waals surface area contributed by atoms with Crippen LogP contribution >= 0.6 is 0 Å². The Morgan fingerprint density at radius 1 is 0.545 bits per heavy atom. The molecule has 3 aliphatic heterocycles. The van der Waals surface area contributed by atoms with Gasteiger partial charge in [0.2, 0.25) is 33.6 Å². The molecule has 4 atom stereocenters. The van der Waals surface area contributed by atoms with Crippen molar-refractivity contribution in [2.75, 3.05) is 87.1 Å². The van der Waals surface area contributed by atoms with Gasteiger partial charge in [0.25, 0.3) is 0 Å². The summed E-state index contributed by atoms with van der Waals surface area (Å²) in [6.07, 6.45) is -2.59. The van der Waals surface area contributed by atoms with Gasteiger partial charge in [0.1, 0.15) is 31.5 Å². The minimum atomic E-state index is -4.24. The van der Waals surface area contributed by atoms with Gasteiger partial charge in [0.15, 0.2) is 29.1 Å². The maximum atomic E-state index is 14.4. The topological polar surface area (TPSA) is 330 Å². The fourth-order valence-electron chi connectivity index (χ4n) is 11.0. The molecular formula is C71H92N6O20S2. The molecule has 0 aliphatic carbocycles. The number of sulfonamides is 2. The number of rotatable bonds is 34. The van der Waals surface area contributed by atoms with Crippen LogP contribution in [0.1, 0.15) is 75.6 Å². The average Bonchev–Trinajstić information content (AvgIpc) is 1.75. The molecule has 6 aromatic rings. The zero-order chi connectivity index (χ0) is 71.0. The lowest BCUT2D eigenvalue weighted by atomic mass is 9.87. The second kappa shape index (κ2) is 36.6. The highest BCUT2D eigenvalue weighted by molar-refractivity contribution is 7.89. The maximum absolute atomic E-state index is 14.4. The number of nitrogens with zero attached hydrogens (tertiary/aromatic N) is 2. The largest absolute Gasteiger partial charge is 0.489 e. The van der Waals surface area contributed by atoms with E-state index in [-0.39, 0.29) is 94.9 Å². The minimum absolute atomic E-state index is 0.0117. The SMILES string of the molecule is CNC(=O)OCCCC(C)(C)CN(C[C@@H](O)[C@@H](N)Cc1ccc(OCc2ccccc2)cc1)S(=O)(=O)c1ccc2c(c1)OCO2.CNC(=O)OCCCC(C)(C)CN(C[C@@H](O)[C@H](Cc1ccc(OCc2ccccc2)cc1)NC(=O)OC1COCOC1)S(=O)(=O)c1ccc2c(c1)OCO2. The summed E-state index contributed by atoms with van der Waals surface area (Å²) in [4.78, 5) is 36.1. The van der Waals surface area contributed by atoms with Gasteiger partial charge < -0.3 is 84.0 Å². The molecule has 9 rings (SSSR count). The summed E-state index contributed by atoms with van der Waals surface area (Å²) >= 11 is 0. The highest BCUT2D eigenvalue weighted by Gasteiger charge is 2.38. The number of hydrogen-bond donors (Lipinski definition) is 6. The molecule has 538 valence electrons. The van der Waals surface area contributed by atoms with Crippen molar-refractivity contribution in [1.29, 1.82) is 0 Å². The number of alkyl carbamates (subject to hydrolysis) is 3. The Balaban J connectivity index is 0.000000256. The summed E-state index contributed by atoms with van der Waals surface area (Å²) in [5.74, 6) is 2.86. The van der Waals surface area contributed by atoms with E-state index >= 15 is 0 Å². The van der Waals surface area contributed by atoms with E-state index in [1.54, 1.807) is 18.2 Å². The number of fused-ring (bicyclic) bond motifs is 2. The van der Waals surface area contributed by atoms with Crippen LogP contribution in [0.15, 0.2) is 155 Å². The van der Waals surface area contributed by atoms with E-state index < -0.39 is 79.6 Å². The van der Waals surface area contributed by atoms with Crippen LogP contribution in [0.3, 0.4) is 0 Å². The summed E-state index contributed by atoms with van der Waals surface area (Å²) < 4.78 is 119. The van der Waals surface area contributed by atoms with Crippen molar-refractivity contribution in [3.63, 3.8) is 0 Å². The van der Waals surface area contributed by atoms with E-state index in [4.69, 9.17) is 57.8 Å². The van der Waals surface area contributed by atoms with Crippen LogP contribution in [0, 0.1) is 10.8 Å². The van der Waals surface area contributed by atoms with E-state index in [0.717, 1.165) is 22.3 Å². The maximum Gasteiger partial charge on any atom is 0.407 e. The smallest absolute Gasteiger partial charge is 0.407 e. The molecule has 6 aromatic carbocycles. The number of hydrogen-bond acceptors (Lipinski definition) is 21. The Bertz CT molecular complexity index is 3760. The zero-order valence-electron chi connectivity index (χ0n) is 56.7. The number of benzene rings is 6. The van der Waals surface area contributed by atoms with E-state index in [9.17, 15) is 41.4 Å². The average molecular weight is 1410 g/mol. The number of nitrogens with two attached hydrogens (primary N) is 1. The van der Waals surface area contributed by atoms with Crippen LogP contribution in [0.2, 0.25) is 0 Å². The molecule has 0 aromatic heterocycles. The first-order valence-corrected chi connectivity index (χ1v) is 35.5. The summed E-state index contributed by atoms with van der Waals surface area (Å²) in [6.45, 7) is 8.69. The molecule has 0 bridgehead atoms. The number of amides is 3.